The molecular formula is C32H52N2O21. The lowest BCUT2D eigenvalue weighted by atomic mass is 9.81. The number of hydrogen-bond donors (Lipinski definition) is 13. The second-order valence-electron chi connectivity index (χ2n) is 14.6. The number of carboxylic acid groups (broad SMARTS) is 1. The van der Waals surface area contributed by atoms with Crippen LogP contribution in [0.5, 0.6) is 0 Å². The largest absolute Gasteiger partial charge is 0.477 e. The number of fused-ring (bicyclic) bond motifs is 1. The lowest BCUT2D eigenvalue weighted by Crippen LogP contribution is -2.71. The fourth-order valence-electron chi connectivity index (χ4n) is 7.87. The molecule has 5 heterocycles. The smallest absolute Gasteiger partial charge is 0.364 e. The fraction of sp³-hybridized carbons (Fsp3) is 0.906. The number of nitrogens with one attached hydrogen (secondary N) is 2. The number of rotatable bonds is 14. The first-order valence-corrected chi connectivity index (χ1v) is 17.9. The summed E-state index contributed by atoms with van der Waals surface area (Å²) in [5, 5.41) is 122. The maximum atomic E-state index is 12.9. The van der Waals surface area contributed by atoms with Gasteiger partial charge in [0, 0.05) is 26.2 Å². The van der Waals surface area contributed by atoms with Crippen molar-refractivity contribution in [3.05, 3.63) is 0 Å². The summed E-state index contributed by atoms with van der Waals surface area (Å²) < 4.78 is 40.4. The van der Waals surface area contributed by atoms with Crippen LogP contribution >= 0.6 is 0 Å². The molecule has 55 heavy (non-hydrogen) atoms. The fourth-order valence-corrected chi connectivity index (χ4v) is 7.87. The molecule has 5 fully saturated rings. The molecule has 5 aliphatic rings. The Labute approximate surface area is 313 Å². The van der Waals surface area contributed by atoms with E-state index in [1.807, 2.05) is 0 Å². The quantitative estimate of drug-likeness (QED) is 0.0726. The molecule has 21 atom stereocenters. The van der Waals surface area contributed by atoms with Crippen LogP contribution in [0.3, 0.4) is 0 Å². The predicted octanol–water partition coefficient (Wildman–Crippen LogP) is -7.52. The Balaban J connectivity index is 1.47. The summed E-state index contributed by atoms with van der Waals surface area (Å²) in [6.45, 7) is 1.13. The van der Waals surface area contributed by atoms with E-state index >= 15 is 0 Å². The van der Waals surface area contributed by atoms with Crippen LogP contribution in [0, 0.1) is 5.92 Å². The standard InChI is InChI=1S/C32H52N2O21/c1-9-24-28(52-24)21(43)15(49-9)4-12-16(7-36)50-29(46)19(34-11(3)39)25(12)53-30-23(45)27(22(44)17(8-37)51-30)55-32(31(47)48)5-13(40)18(33-10(2)38)26(54-32)20(42)14(41)6-35/h9,12-30,35-37,40-46H,4-8H2,1-3H3,(H,33,38)(H,34,39)(H,47,48)/t9?,12?,13?,14-,15?,16?,17?,18?,19?,20-,21?,22?,23?,24?,25?,26?,27-,28?,29?,30?,32?/m1/s1. The summed E-state index contributed by atoms with van der Waals surface area (Å²) in [4.78, 5) is 37.1. The number of ether oxygens (including phenoxy) is 7. The zero-order valence-corrected chi connectivity index (χ0v) is 30.1. The summed E-state index contributed by atoms with van der Waals surface area (Å²) in [5.74, 6) is -7.52. The molecule has 0 aliphatic carbocycles. The van der Waals surface area contributed by atoms with Crippen molar-refractivity contribution in [2.75, 3.05) is 19.8 Å². The molecule has 0 spiro atoms. The summed E-state index contributed by atoms with van der Waals surface area (Å²) in [5.41, 5.74) is 0. The SMILES string of the molecule is CC(=O)NC1C(O)OC(CO)C(CC2OC(C)C3OC3C2O)C1OC1OC(CO)C(O)[C@@H](OC2(C(=O)O)CC(O)C(NC(C)=O)C([C@H](O)[C@H](O)CO)O2)C1O. The zero-order valence-electron chi connectivity index (χ0n) is 30.1. The van der Waals surface area contributed by atoms with Crippen molar-refractivity contribution in [2.24, 2.45) is 5.92 Å². The number of aliphatic hydroxyl groups excluding tert-OH is 10. The second-order valence-corrected chi connectivity index (χ2v) is 14.6. The Hall–Kier alpha value is -2.27. The molecule has 0 saturated carbocycles. The highest BCUT2D eigenvalue weighted by atomic mass is 16.8. The van der Waals surface area contributed by atoms with E-state index in [1.54, 1.807) is 6.92 Å². The van der Waals surface area contributed by atoms with Gasteiger partial charge in [0.1, 0.15) is 67.1 Å². The first-order chi connectivity index (χ1) is 25.9. The molecule has 5 rings (SSSR count). The van der Waals surface area contributed by atoms with Gasteiger partial charge >= 0.3 is 5.97 Å². The van der Waals surface area contributed by atoms with Gasteiger partial charge in [-0.3, -0.25) is 9.59 Å². The molecule has 2 amide bonds. The highest BCUT2D eigenvalue weighted by molar-refractivity contribution is 5.76. The minimum absolute atomic E-state index is 0.141. The zero-order chi connectivity index (χ0) is 40.7. The Morgan fingerprint density at radius 3 is 2.02 bits per heavy atom. The number of carbonyl (C=O) groups excluding carboxylic acids is 2. The van der Waals surface area contributed by atoms with E-state index in [4.69, 9.17) is 33.2 Å². The monoisotopic (exact) mass is 800 g/mol. The van der Waals surface area contributed by atoms with Gasteiger partial charge in [-0.1, -0.05) is 0 Å². The third-order valence-electron chi connectivity index (χ3n) is 10.7. The van der Waals surface area contributed by atoms with Crippen LogP contribution in [-0.4, -0.2) is 216 Å². The summed E-state index contributed by atoms with van der Waals surface area (Å²) in [7, 11) is 0. The average molecular weight is 801 g/mol. The lowest BCUT2D eigenvalue weighted by Gasteiger charge is -2.51. The van der Waals surface area contributed by atoms with Gasteiger partial charge in [-0.05, 0) is 13.3 Å². The first-order valence-electron chi connectivity index (χ1n) is 17.9. The lowest BCUT2D eigenvalue weighted by molar-refractivity contribution is -0.379. The molecular weight excluding hydrogens is 748 g/mol. The van der Waals surface area contributed by atoms with E-state index in [2.05, 4.69) is 10.6 Å². The number of carbonyl (C=O) groups is 3. The van der Waals surface area contributed by atoms with Gasteiger partial charge in [-0.2, -0.15) is 0 Å². The molecule has 0 radical (unpaired) electrons. The number of amides is 2. The van der Waals surface area contributed by atoms with Gasteiger partial charge in [-0.15, -0.1) is 0 Å². The number of epoxide rings is 1. The van der Waals surface area contributed by atoms with Crippen LogP contribution < -0.4 is 10.6 Å². The molecule has 316 valence electrons. The van der Waals surface area contributed by atoms with Crippen LogP contribution in [0.15, 0.2) is 0 Å². The van der Waals surface area contributed by atoms with Crippen molar-refractivity contribution >= 4 is 17.8 Å². The van der Waals surface area contributed by atoms with Crippen molar-refractivity contribution in [2.45, 2.75) is 156 Å². The molecule has 23 heteroatoms. The number of carboxylic acids is 1. The highest BCUT2D eigenvalue weighted by Crippen LogP contribution is 2.43. The molecule has 0 aromatic rings. The topological polar surface area (TPSA) is 366 Å². The van der Waals surface area contributed by atoms with Crippen molar-refractivity contribution < 1.29 is 104 Å². The number of aliphatic hydroxyl groups is 10. The van der Waals surface area contributed by atoms with Gasteiger partial charge in [0.2, 0.25) is 11.8 Å². The Kier molecular flexibility index (Phi) is 14.1. The average Bonchev–Trinajstić information content (AvgIpc) is 3.94. The van der Waals surface area contributed by atoms with Crippen LogP contribution in [-0.2, 0) is 47.5 Å². The molecule has 23 nitrogen and oxygen atoms in total. The molecule has 18 unspecified atom stereocenters. The van der Waals surface area contributed by atoms with Crippen molar-refractivity contribution in [1.82, 2.24) is 10.6 Å². The van der Waals surface area contributed by atoms with Gasteiger partial charge < -0.3 is 100.0 Å². The van der Waals surface area contributed by atoms with Gasteiger partial charge in [0.15, 0.2) is 12.6 Å². The minimum Gasteiger partial charge on any atom is -0.477 e. The van der Waals surface area contributed by atoms with Gasteiger partial charge in [0.05, 0.1) is 56.4 Å². The number of hydrogen-bond acceptors (Lipinski definition) is 20. The third-order valence-corrected chi connectivity index (χ3v) is 10.7. The van der Waals surface area contributed by atoms with E-state index in [0.29, 0.717) is 0 Å². The predicted molar refractivity (Wildman–Crippen MR) is 173 cm³/mol. The second kappa shape index (κ2) is 17.7. The van der Waals surface area contributed by atoms with Crippen molar-refractivity contribution in [3.8, 4) is 0 Å². The normalized spacial score (nSPS) is 46.9. The van der Waals surface area contributed by atoms with Crippen LogP contribution in [0.4, 0.5) is 0 Å². The van der Waals surface area contributed by atoms with E-state index in [9.17, 15) is 70.6 Å². The van der Waals surface area contributed by atoms with Crippen LogP contribution in [0.1, 0.15) is 33.6 Å². The Morgan fingerprint density at radius 2 is 1.44 bits per heavy atom. The van der Waals surface area contributed by atoms with Crippen LogP contribution in [0.25, 0.3) is 0 Å². The molecule has 0 bridgehead atoms. The minimum atomic E-state index is -3.06. The molecule has 13 N–H and O–H groups in total. The summed E-state index contributed by atoms with van der Waals surface area (Å²) in [6.07, 6.45) is -27.1. The van der Waals surface area contributed by atoms with Crippen LogP contribution in [0.2, 0.25) is 0 Å². The summed E-state index contributed by atoms with van der Waals surface area (Å²) in [6, 6.07) is -3.01. The van der Waals surface area contributed by atoms with Gasteiger partial charge in [-0.25, -0.2) is 4.79 Å². The Bertz CT molecular complexity index is 1350. The molecule has 0 aromatic heterocycles. The van der Waals surface area contributed by atoms with Crippen molar-refractivity contribution in [3.63, 3.8) is 0 Å². The van der Waals surface area contributed by atoms with E-state index in [1.165, 1.54) is 0 Å². The highest BCUT2D eigenvalue weighted by Gasteiger charge is 2.61. The maximum Gasteiger partial charge on any atom is 0.364 e. The number of aliphatic carboxylic acids is 1. The molecule has 5 aliphatic heterocycles. The maximum absolute atomic E-state index is 12.9. The van der Waals surface area contributed by atoms with Gasteiger partial charge in [0.25, 0.3) is 5.79 Å². The van der Waals surface area contributed by atoms with E-state index < -0.39 is 166 Å². The van der Waals surface area contributed by atoms with E-state index in [0.717, 1.165) is 13.8 Å². The van der Waals surface area contributed by atoms with E-state index in [-0.39, 0.29) is 12.5 Å². The molecule has 5 saturated heterocycles. The summed E-state index contributed by atoms with van der Waals surface area (Å²) >= 11 is 0. The first kappa shape index (κ1) is 43.8. The Morgan fingerprint density at radius 1 is 0.800 bits per heavy atom. The van der Waals surface area contributed by atoms with Crippen molar-refractivity contribution in [1.29, 1.82) is 0 Å². The molecule has 0 aromatic carbocycles. The third kappa shape index (κ3) is 9.08.